The van der Waals surface area contributed by atoms with Gasteiger partial charge in [0.05, 0.1) is 13.2 Å². The molecule has 1 N–H and O–H groups in total. The number of epoxide rings is 1. The summed E-state index contributed by atoms with van der Waals surface area (Å²) in [7, 11) is 0. The molecule has 0 saturated carbocycles. The van der Waals surface area contributed by atoms with E-state index in [1.54, 1.807) is 0 Å². The second-order valence-corrected chi connectivity index (χ2v) is 13.6. The third-order valence-electron chi connectivity index (χ3n) is 9.62. The summed E-state index contributed by atoms with van der Waals surface area (Å²) in [5.74, 6) is 3.14. The molecule has 6 nitrogen and oxygen atoms in total. The predicted octanol–water partition coefficient (Wildman–Crippen LogP) is 8.50. The van der Waals surface area contributed by atoms with Crippen LogP contribution in [-0.4, -0.2) is 49.3 Å². The van der Waals surface area contributed by atoms with Crippen molar-refractivity contribution in [2.24, 2.45) is 0 Å². The van der Waals surface area contributed by atoms with Crippen LogP contribution in [0, 0.1) is 0 Å². The van der Waals surface area contributed by atoms with E-state index < -0.39 is 11.7 Å². The minimum atomic E-state index is -0.837. The minimum Gasteiger partial charge on any atom is -0.494 e. The van der Waals surface area contributed by atoms with Gasteiger partial charge in [-0.25, -0.2) is 0 Å². The first-order chi connectivity index (χ1) is 22.4. The molecule has 3 atom stereocenters. The van der Waals surface area contributed by atoms with Crippen LogP contribution in [0.25, 0.3) is 0 Å². The summed E-state index contributed by atoms with van der Waals surface area (Å²) in [6.45, 7) is 16.9. The van der Waals surface area contributed by atoms with E-state index in [2.05, 4.69) is 76.2 Å². The van der Waals surface area contributed by atoms with Crippen LogP contribution in [0.2, 0.25) is 0 Å². The number of benzene rings is 4. The molecule has 0 aromatic heterocycles. The summed E-state index contributed by atoms with van der Waals surface area (Å²) in [6, 6.07) is 32.8. The van der Waals surface area contributed by atoms with Crippen LogP contribution in [0.4, 0.5) is 0 Å². The molecular weight excluding hydrogens is 588 g/mol. The molecule has 0 amide bonds. The second-order valence-electron chi connectivity index (χ2n) is 13.6. The lowest BCUT2D eigenvalue weighted by atomic mass is 9.78. The standard InChI is InChI=1S/C41H50O6/c1-8-41(7,38(42)28-46-35-22-14-31(15-23-35)39(3,4)29-10-18-33(19-11-29)43-9-2)47-36-24-16-32(17-25-36)40(5,6)30-12-20-34(21-13-30)44-26-37-27-45-37/h10-25,37-38,42H,8-9,26-28H2,1-7H3. The number of hydrogen-bond donors (Lipinski definition) is 1. The van der Waals surface area contributed by atoms with Gasteiger partial charge in [-0.1, -0.05) is 83.1 Å². The molecule has 1 aliphatic rings. The van der Waals surface area contributed by atoms with E-state index in [-0.39, 0.29) is 23.5 Å². The van der Waals surface area contributed by atoms with Crippen molar-refractivity contribution in [1.29, 1.82) is 0 Å². The Balaban J connectivity index is 1.17. The third kappa shape index (κ3) is 8.30. The van der Waals surface area contributed by atoms with Gasteiger partial charge in [-0.2, -0.15) is 0 Å². The summed E-state index contributed by atoms with van der Waals surface area (Å²) in [6.07, 6.45) is 0.0130. The lowest BCUT2D eigenvalue weighted by Crippen LogP contribution is -2.47. The number of aliphatic hydroxyl groups is 1. The van der Waals surface area contributed by atoms with Crippen LogP contribution in [0.15, 0.2) is 97.1 Å². The Labute approximate surface area is 280 Å². The Kier molecular flexibility index (Phi) is 10.5. The fourth-order valence-corrected chi connectivity index (χ4v) is 5.69. The first-order valence-electron chi connectivity index (χ1n) is 16.7. The molecule has 4 aromatic carbocycles. The molecule has 6 heteroatoms. The zero-order valence-corrected chi connectivity index (χ0v) is 28.9. The van der Waals surface area contributed by atoms with E-state index in [1.807, 2.05) is 69.3 Å². The van der Waals surface area contributed by atoms with Crippen molar-refractivity contribution in [3.63, 3.8) is 0 Å². The minimum absolute atomic E-state index is 0.116. The monoisotopic (exact) mass is 638 g/mol. The van der Waals surface area contributed by atoms with Crippen LogP contribution < -0.4 is 18.9 Å². The topological polar surface area (TPSA) is 69.7 Å². The lowest BCUT2D eigenvalue weighted by molar-refractivity contribution is -0.0630. The summed E-state index contributed by atoms with van der Waals surface area (Å²) in [4.78, 5) is 0. The van der Waals surface area contributed by atoms with Crippen LogP contribution in [0.3, 0.4) is 0 Å². The van der Waals surface area contributed by atoms with Gasteiger partial charge in [0, 0.05) is 10.8 Å². The fraction of sp³-hybridized carbons (Fsp3) is 0.415. The number of aliphatic hydroxyl groups excluding tert-OH is 1. The molecule has 47 heavy (non-hydrogen) atoms. The highest BCUT2D eigenvalue weighted by molar-refractivity contribution is 5.43. The number of hydrogen-bond acceptors (Lipinski definition) is 6. The van der Waals surface area contributed by atoms with Crippen molar-refractivity contribution in [2.75, 3.05) is 26.4 Å². The normalized spacial score (nSPS) is 16.6. The Morgan fingerprint density at radius 3 is 1.38 bits per heavy atom. The van der Waals surface area contributed by atoms with E-state index in [0.717, 1.165) is 18.1 Å². The van der Waals surface area contributed by atoms with Gasteiger partial charge in [-0.15, -0.1) is 0 Å². The van der Waals surface area contributed by atoms with Crippen LogP contribution >= 0.6 is 0 Å². The molecule has 5 rings (SSSR count). The molecule has 0 radical (unpaired) electrons. The zero-order valence-electron chi connectivity index (χ0n) is 28.9. The van der Waals surface area contributed by atoms with Crippen LogP contribution in [-0.2, 0) is 15.6 Å². The van der Waals surface area contributed by atoms with Gasteiger partial charge in [0.2, 0.25) is 0 Å². The average molecular weight is 639 g/mol. The summed E-state index contributed by atoms with van der Waals surface area (Å²) < 4.78 is 29.1. The van der Waals surface area contributed by atoms with E-state index in [0.29, 0.717) is 31.1 Å². The smallest absolute Gasteiger partial charge is 0.135 e. The number of ether oxygens (including phenoxy) is 5. The van der Waals surface area contributed by atoms with Gasteiger partial charge in [0.25, 0.3) is 0 Å². The van der Waals surface area contributed by atoms with E-state index in [4.69, 9.17) is 23.7 Å². The summed E-state index contributed by atoms with van der Waals surface area (Å²) >= 11 is 0. The maximum absolute atomic E-state index is 11.2. The van der Waals surface area contributed by atoms with Crippen molar-refractivity contribution in [1.82, 2.24) is 0 Å². The Bertz CT molecular complexity index is 1550. The largest absolute Gasteiger partial charge is 0.494 e. The molecule has 0 bridgehead atoms. The van der Waals surface area contributed by atoms with Crippen molar-refractivity contribution < 1.29 is 28.8 Å². The predicted molar refractivity (Wildman–Crippen MR) is 187 cm³/mol. The molecule has 0 aliphatic carbocycles. The molecule has 3 unspecified atom stereocenters. The first kappa shape index (κ1) is 34.3. The van der Waals surface area contributed by atoms with E-state index in [1.165, 1.54) is 22.3 Å². The van der Waals surface area contributed by atoms with Crippen molar-refractivity contribution in [3.05, 3.63) is 119 Å². The molecule has 4 aromatic rings. The third-order valence-corrected chi connectivity index (χ3v) is 9.62. The quantitative estimate of drug-likeness (QED) is 0.124. The molecule has 1 heterocycles. The molecule has 250 valence electrons. The highest BCUT2D eigenvalue weighted by Crippen LogP contribution is 2.36. The summed E-state index contributed by atoms with van der Waals surface area (Å²) in [5.41, 5.74) is 3.52. The zero-order chi connectivity index (χ0) is 33.7. The summed E-state index contributed by atoms with van der Waals surface area (Å²) in [5, 5.41) is 11.2. The van der Waals surface area contributed by atoms with Gasteiger partial charge < -0.3 is 28.8 Å². The maximum Gasteiger partial charge on any atom is 0.135 e. The first-order valence-corrected chi connectivity index (χ1v) is 16.7. The Morgan fingerprint density at radius 2 is 1.00 bits per heavy atom. The molecule has 1 fully saturated rings. The van der Waals surface area contributed by atoms with Gasteiger partial charge in [-0.05, 0) is 91.1 Å². The Hall–Kier alpha value is -4.00. The molecule has 1 aliphatic heterocycles. The van der Waals surface area contributed by atoms with Crippen LogP contribution in [0.1, 0.15) is 77.1 Å². The van der Waals surface area contributed by atoms with Crippen LogP contribution in [0.5, 0.6) is 23.0 Å². The van der Waals surface area contributed by atoms with E-state index in [9.17, 15) is 5.11 Å². The number of rotatable bonds is 16. The van der Waals surface area contributed by atoms with Gasteiger partial charge in [0.1, 0.15) is 54.0 Å². The lowest BCUT2D eigenvalue weighted by Gasteiger charge is -2.34. The molecule has 1 saturated heterocycles. The van der Waals surface area contributed by atoms with Crippen molar-refractivity contribution in [2.45, 2.75) is 83.5 Å². The van der Waals surface area contributed by atoms with Gasteiger partial charge in [-0.3, -0.25) is 0 Å². The average Bonchev–Trinajstić information content (AvgIpc) is 3.92. The fourth-order valence-electron chi connectivity index (χ4n) is 5.69. The van der Waals surface area contributed by atoms with Gasteiger partial charge in [0.15, 0.2) is 0 Å². The van der Waals surface area contributed by atoms with Gasteiger partial charge >= 0.3 is 0 Å². The second kappa shape index (κ2) is 14.4. The van der Waals surface area contributed by atoms with Crippen molar-refractivity contribution >= 4 is 0 Å². The van der Waals surface area contributed by atoms with E-state index >= 15 is 0 Å². The highest BCUT2D eigenvalue weighted by atomic mass is 16.6. The molecule has 0 spiro atoms. The van der Waals surface area contributed by atoms with Crippen molar-refractivity contribution in [3.8, 4) is 23.0 Å². The SMILES string of the molecule is CCOc1ccc(C(C)(C)c2ccc(OCC(O)C(C)(CC)Oc3ccc(C(C)(C)c4ccc(OCC5CO5)cc4)cc3)cc2)cc1. The highest BCUT2D eigenvalue weighted by Gasteiger charge is 2.35. The maximum atomic E-state index is 11.2. The molecular formula is C41H50O6. The Morgan fingerprint density at radius 1 is 0.617 bits per heavy atom.